The van der Waals surface area contributed by atoms with Crippen molar-refractivity contribution < 1.29 is 0 Å². The standard InChI is InChI=1S/C55H42/c1-7-9-16-30(3)37-23-24-39(36-19-14-11-15-20-36)53-47-33(6)29-44-43-28-31(4)45-48-34(8-2)21-22-38(35-17-12-10-13-18-35)49(48)41-26-25-40(50(43)54(41)45)42-27-32(5)46(52(37)53)55(47)51(42)44/h7,9-29H,8H2,1-6H3/b9-7-,30-16+. The predicted octanol–water partition coefficient (Wildman–Crippen LogP) is 15.8. The van der Waals surface area contributed by atoms with E-state index in [2.05, 4.69) is 175 Å². The Balaban J connectivity index is 1.30. The molecule has 262 valence electrons. The molecule has 11 rings (SSSR count). The Bertz CT molecular complexity index is 3190. The van der Waals surface area contributed by atoms with E-state index in [1.54, 1.807) is 0 Å². The molecule has 0 aliphatic heterocycles. The molecule has 2 aliphatic rings. The summed E-state index contributed by atoms with van der Waals surface area (Å²) in [5.74, 6) is 0. The second kappa shape index (κ2) is 11.6. The summed E-state index contributed by atoms with van der Waals surface area (Å²) < 4.78 is 0. The van der Waals surface area contributed by atoms with Crippen LogP contribution in [0.2, 0.25) is 0 Å². The van der Waals surface area contributed by atoms with Crippen molar-refractivity contribution in [3.8, 4) is 66.8 Å². The smallest absolute Gasteiger partial charge is 0.000809 e. The molecule has 0 amide bonds. The first-order valence-electron chi connectivity index (χ1n) is 19.9. The van der Waals surface area contributed by atoms with Crippen LogP contribution < -0.4 is 0 Å². The Labute approximate surface area is 323 Å². The Morgan fingerprint density at radius 1 is 0.473 bits per heavy atom. The van der Waals surface area contributed by atoms with E-state index in [1.165, 1.54) is 143 Å². The van der Waals surface area contributed by atoms with E-state index >= 15 is 0 Å². The average molecular weight is 703 g/mol. The van der Waals surface area contributed by atoms with Crippen molar-refractivity contribution in [3.05, 3.63) is 161 Å². The molecule has 55 heavy (non-hydrogen) atoms. The molecule has 0 aromatic heterocycles. The van der Waals surface area contributed by atoms with Crippen LogP contribution in [0.5, 0.6) is 0 Å². The molecule has 0 unspecified atom stereocenters. The molecule has 0 bridgehead atoms. The van der Waals surface area contributed by atoms with E-state index in [9.17, 15) is 0 Å². The summed E-state index contributed by atoms with van der Waals surface area (Å²) in [6.45, 7) is 13.7. The molecule has 0 heterocycles. The number of hydrogen-bond donors (Lipinski definition) is 0. The number of rotatable bonds is 5. The van der Waals surface area contributed by atoms with Gasteiger partial charge in [-0.2, -0.15) is 0 Å². The molecule has 0 fully saturated rings. The SMILES string of the molecule is C/C=C\C=C(/C)c1ccc(-c2ccccc2)c2c1-c1c(C)cc3c4ccc5c6c(c(C)cc(c7cc(C)c-2c1c37)c64)-c1c(CC)ccc(-c2ccccc2)c1-5. The highest BCUT2D eigenvalue weighted by molar-refractivity contribution is 6.41. The van der Waals surface area contributed by atoms with Gasteiger partial charge in [-0.15, -0.1) is 0 Å². The Hall–Kier alpha value is -6.24. The van der Waals surface area contributed by atoms with Gasteiger partial charge in [-0.3, -0.25) is 0 Å². The van der Waals surface area contributed by atoms with E-state index in [1.807, 2.05) is 0 Å². The second-order valence-corrected chi connectivity index (χ2v) is 15.9. The molecule has 9 aromatic rings. The van der Waals surface area contributed by atoms with Gasteiger partial charge >= 0.3 is 0 Å². The van der Waals surface area contributed by atoms with Crippen LogP contribution in [-0.4, -0.2) is 0 Å². The normalized spacial score (nSPS) is 13.0. The van der Waals surface area contributed by atoms with Gasteiger partial charge in [-0.05, 0) is 184 Å². The largest absolute Gasteiger partial charge is 0.0877 e. The maximum Gasteiger partial charge on any atom is -0.000809 e. The van der Waals surface area contributed by atoms with Crippen LogP contribution in [0.4, 0.5) is 0 Å². The van der Waals surface area contributed by atoms with Crippen LogP contribution in [0.15, 0.2) is 133 Å². The summed E-state index contributed by atoms with van der Waals surface area (Å²) in [6.07, 6.45) is 7.56. The molecule has 0 saturated heterocycles. The van der Waals surface area contributed by atoms with Crippen LogP contribution in [0.3, 0.4) is 0 Å². The topological polar surface area (TPSA) is 0 Å². The lowest BCUT2D eigenvalue weighted by atomic mass is 9.83. The molecular formula is C55H42. The molecule has 0 N–H and O–H groups in total. The maximum atomic E-state index is 2.53. The van der Waals surface area contributed by atoms with Crippen molar-refractivity contribution in [2.75, 3.05) is 0 Å². The fraction of sp³-hybridized carbons (Fsp3) is 0.127. The molecule has 0 atom stereocenters. The zero-order valence-electron chi connectivity index (χ0n) is 32.4. The van der Waals surface area contributed by atoms with Gasteiger partial charge < -0.3 is 0 Å². The fourth-order valence-electron chi connectivity index (χ4n) is 10.6. The minimum Gasteiger partial charge on any atom is -0.0877 e. The van der Waals surface area contributed by atoms with E-state index in [-0.39, 0.29) is 0 Å². The van der Waals surface area contributed by atoms with E-state index in [0.717, 1.165) is 6.42 Å². The predicted molar refractivity (Wildman–Crippen MR) is 239 cm³/mol. The number of benzene rings is 9. The van der Waals surface area contributed by atoms with Crippen molar-refractivity contribution in [2.24, 2.45) is 0 Å². The first-order valence-corrected chi connectivity index (χ1v) is 19.9. The molecule has 0 radical (unpaired) electrons. The van der Waals surface area contributed by atoms with Gasteiger partial charge in [0, 0.05) is 0 Å². The number of allylic oxidation sites excluding steroid dienone is 4. The van der Waals surface area contributed by atoms with Crippen molar-refractivity contribution in [1.82, 2.24) is 0 Å². The van der Waals surface area contributed by atoms with Crippen LogP contribution in [0.1, 0.15) is 48.6 Å². The molecule has 2 aliphatic carbocycles. The molecular weight excluding hydrogens is 661 g/mol. The highest BCUT2D eigenvalue weighted by Crippen LogP contribution is 2.61. The van der Waals surface area contributed by atoms with Gasteiger partial charge in [0.15, 0.2) is 0 Å². The third kappa shape index (κ3) is 4.18. The summed E-state index contributed by atoms with van der Waals surface area (Å²) in [7, 11) is 0. The number of fused-ring (bicyclic) bond motifs is 8. The summed E-state index contributed by atoms with van der Waals surface area (Å²) in [5.41, 5.74) is 24.5. The lowest BCUT2D eigenvalue weighted by Gasteiger charge is -2.20. The van der Waals surface area contributed by atoms with Crippen LogP contribution >= 0.6 is 0 Å². The Morgan fingerprint density at radius 2 is 1.00 bits per heavy atom. The van der Waals surface area contributed by atoms with E-state index < -0.39 is 0 Å². The van der Waals surface area contributed by atoms with Gasteiger partial charge in [0.1, 0.15) is 0 Å². The van der Waals surface area contributed by atoms with Gasteiger partial charge in [-0.25, -0.2) is 0 Å². The molecule has 0 saturated carbocycles. The summed E-state index contributed by atoms with van der Waals surface area (Å²) in [5, 5.41) is 11.2. The lowest BCUT2D eigenvalue weighted by Crippen LogP contribution is -1.94. The van der Waals surface area contributed by atoms with Gasteiger partial charge in [-0.1, -0.05) is 140 Å². The highest BCUT2D eigenvalue weighted by atomic mass is 14.4. The van der Waals surface area contributed by atoms with E-state index in [0.29, 0.717) is 0 Å². The fourth-order valence-corrected chi connectivity index (χ4v) is 10.6. The minimum absolute atomic E-state index is 1.00. The van der Waals surface area contributed by atoms with Crippen LogP contribution in [0, 0.1) is 20.8 Å². The third-order valence-corrected chi connectivity index (χ3v) is 12.9. The number of hydrogen-bond acceptors (Lipinski definition) is 0. The average Bonchev–Trinajstić information content (AvgIpc) is 3.77. The monoisotopic (exact) mass is 702 g/mol. The quantitative estimate of drug-likeness (QED) is 0.0951. The molecule has 0 heteroatoms. The third-order valence-electron chi connectivity index (χ3n) is 12.9. The van der Waals surface area contributed by atoms with E-state index in [4.69, 9.17) is 0 Å². The van der Waals surface area contributed by atoms with Gasteiger partial charge in [0.05, 0.1) is 0 Å². The Kier molecular flexibility index (Phi) is 6.81. The lowest BCUT2D eigenvalue weighted by molar-refractivity contribution is 1.14. The highest BCUT2D eigenvalue weighted by Gasteiger charge is 2.35. The Morgan fingerprint density at radius 3 is 1.62 bits per heavy atom. The van der Waals surface area contributed by atoms with Crippen molar-refractivity contribution in [2.45, 2.75) is 48.0 Å². The summed E-state index contributed by atoms with van der Waals surface area (Å²) >= 11 is 0. The zero-order valence-corrected chi connectivity index (χ0v) is 32.4. The van der Waals surface area contributed by atoms with Crippen molar-refractivity contribution >= 4 is 48.7 Å². The molecule has 0 spiro atoms. The molecule has 9 aromatic carbocycles. The summed E-state index contributed by atoms with van der Waals surface area (Å²) in [6, 6.07) is 43.9. The zero-order chi connectivity index (χ0) is 37.3. The van der Waals surface area contributed by atoms with Crippen LogP contribution in [0.25, 0.3) is 115 Å². The van der Waals surface area contributed by atoms with Gasteiger partial charge in [0.2, 0.25) is 0 Å². The first kappa shape index (κ1) is 32.2. The molecule has 0 nitrogen and oxygen atoms in total. The van der Waals surface area contributed by atoms with Crippen molar-refractivity contribution in [3.63, 3.8) is 0 Å². The van der Waals surface area contributed by atoms with Gasteiger partial charge in [0.25, 0.3) is 0 Å². The maximum absolute atomic E-state index is 2.53. The van der Waals surface area contributed by atoms with Crippen LogP contribution in [-0.2, 0) is 6.42 Å². The minimum atomic E-state index is 1.00. The first-order chi connectivity index (χ1) is 26.9. The van der Waals surface area contributed by atoms with Crippen molar-refractivity contribution in [1.29, 1.82) is 0 Å². The second-order valence-electron chi connectivity index (χ2n) is 15.9. The number of aryl methyl sites for hydroxylation is 4. The summed E-state index contributed by atoms with van der Waals surface area (Å²) in [4.78, 5) is 0.